The van der Waals surface area contributed by atoms with Crippen molar-refractivity contribution in [2.24, 2.45) is 0 Å². The summed E-state index contributed by atoms with van der Waals surface area (Å²) in [5.41, 5.74) is 3.08. The van der Waals surface area contributed by atoms with Crippen LogP contribution < -0.4 is 10.1 Å². The first-order valence-corrected chi connectivity index (χ1v) is 9.22. The number of ether oxygens (including phenoxy) is 1. The molecule has 2 aromatic heterocycles. The molecule has 0 aliphatic rings. The molecule has 5 nitrogen and oxygen atoms in total. The van der Waals surface area contributed by atoms with Crippen LogP contribution in [0, 0.1) is 0 Å². The summed E-state index contributed by atoms with van der Waals surface area (Å²) in [4.78, 5) is 10.4. The molecule has 0 saturated heterocycles. The first-order valence-electron chi connectivity index (χ1n) is 8.82. The molecule has 0 aliphatic heterocycles. The van der Waals surface area contributed by atoms with Gasteiger partial charge in [-0.25, -0.2) is 0 Å². The van der Waals surface area contributed by atoms with Crippen molar-refractivity contribution in [3.05, 3.63) is 84.4 Å². The molecule has 3 aromatic rings. The van der Waals surface area contributed by atoms with E-state index in [1.165, 1.54) is 0 Å². The number of nitrogens with zero attached hydrogens (tertiary/aromatic N) is 3. The maximum atomic E-state index is 5.72. The largest absolute Gasteiger partial charge is 0.492 e. The van der Waals surface area contributed by atoms with Crippen LogP contribution >= 0.6 is 12.2 Å². The zero-order chi connectivity index (χ0) is 18.9. The predicted octanol–water partition coefficient (Wildman–Crippen LogP) is 4.27. The van der Waals surface area contributed by atoms with Crippen LogP contribution in [0.1, 0.15) is 18.1 Å². The van der Waals surface area contributed by atoms with Crippen LogP contribution in [0.3, 0.4) is 0 Å². The number of nitrogens with one attached hydrogen (secondary N) is 1. The molecule has 27 heavy (non-hydrogen) atoms. The van der Waals surface area contributed by atoms with Crippen molar-refractivity contribution in [2.45, 2.75) is 20.0 Å². The Kier molecular flexibility index (Phi) is 6.71. The van der Waals surface area contributed by atoms with Crippen LogP contribution in [0.15, 0.2) is 73.3 Å². The van der Waals surface area contributed by atoms with Gasteiger partial charge in [0, 0.05) is 37.9 Å². The predicted molar refractivity (Wildman–Crippen MR) is 112 cm³/mol. The Bertz CT molecular complexity index is 817. The quantitative estimate of drug-likeness (QED) is 0.620. The van der Waals surface area contributed by atoms with E-state index in [1.54, 1.807) is 18.6 Å². The van der Waals surface area contributed by atoms with Crippen LogP contribution in [0.25, 0.3) is 0 Å². The van der Waals surface area contributed by atoms with Gasteiger partial charge >= 0.3 is 0 Å². The Balaban J connectivity index is 1.80. The SMILES string of the molecule is CCOc1ccccc1NC(=S)N(Cc1ccncc1)Cc1cccnc1. The lowest BCUT2D eigenvalue weighted by Gasteiger charge is -2.26. The molecule has 0 unspecified atom stereocenters. The second-order valence-electron chi connectivity index (χ2n) is 5.93. The number of benzene rings is 1. The molecule has 6 heteroatoms. The summed E-state index contributed by atoms with van der Waals surface area (Å²) in [5, 5.41) is 3.96. The zero-order valence-corrected chi connectivity index (χ0v) is 16.0. The van der Waals surface area contributed by atoms with E-state index in [-0.39, 0.29) is 0 Å². The Hall–Kier alpha value is -2.99. The molecule has 2 heterocycles. The zero-order valence-electron chi connectivity index (χ0n) is 15.2. The normalized spacial score (nSPS) is 10.3. The number of pyridine rings is 2. The number of anilines is 1. The summed E-state index contributed by atoms with van der Waals surface area (Å²) in [5.74, 6) is 0.785. The summed E-state index contributed by atoms with van der Waals surface area (Å²) in [6, 6.07) is 15.8. The summed E-state index contributed by atoms with van der Waals surface area (Å²) < 4.78 is 5.70. The molecule has 3 rings (SSSR count). The topological polar surface area (TPSA) is 50.3 Å². The number of thiocarbonyl (C=S) groups is 1. The molecule has 0 aliphatic carbocycles. The number of aromatic nitrogens is 2. The van der Waals surface area contributed by atoms with E-state index in [0.717, 1.165) is 22.6 Å². The lowest BCUT2D eigenvalue weighted by molar-refractivity contribution is 0.342. The van der Waals surface area contributed by atoms with Gasteiger partial charge < -0.3 is 15.0 Å². The van der Waals surface area contributed by atoms with E-state index in [0.29, 0.717) is 24.8 Å². The molecular weight excluding hydrogens is 356 g/mol. The first kappa shape index (κ1) is 18.8. The minimum absolute atomic E-state index is 0.599. The molecule has 0 spiro atoms. The van der Waals surface area contributed by atoms with Gasteiger partial charge in [-0.2, -0.15) is 0 Å². The fourth-order valence-corrected chi connectivity index (χ4v) is 2.90. The molecule has 1 N–H and O–H groups in total. The molecule has 1 aromatic carbocycles. The van der Waals surface area contributed by atoms with Gasteiger partial charge in [0.15, 0.2) is 5.11 Å². The van der Waals surface area contributed by atoms with Gasteiger partial charge in [0.25, 0.3) is 0 Å². The molecule has 0 radical (unpaired) electrons. The third kappa shape index (κ3) is 5.49. The van der Waals surface area contributed by atoms with Crippen LogP contribution in [0.4, 0.5) is 5.69 Å². The van der Waals surface area contributed by atoms with E-state index < -0.39 is 0 Å². The monoisotopic (exact) mass is 378 g/mol. The Morgan fingerprint density at radius 2 is 1.74 bits per heavy atom. The number of para-hydroxylation sites is 2. The summed E-state index contributed by atoms with van der Waals surface area (Å²) in [6.45, 7) is 3.88. The van der Waals surface area contributed by atoms with Crippen LogP contribution in [0.2, 0.25) is 0 Å². The van der Waals surface area contributed by atoms with Gasteiger partial charge in [0.05, 0.1) is 12.3 Å². The minimum Gasteiger partial charge on any atom is -0.492 e. The summed E-state index contributed by atoms with van der Waals surface area (Å²) >= 11 is 5.72. The molecule has 0 amide bonds. The highest BCUT2D eigenvalue weighted by molar-refractivity contribution is 7.80. The van der Waals surface area contributed by atoms with Crippen LogP contribution in [-0.2, 0) is 13.1 Å². The lowest BCUT2D eigenvalue weighted by atomic mass is 10.2. The van der Waals surface area contributed by atoms with Gasteiger partial charge in [-0.15, -0.1) is 0 Å². The molecule has 0 saturated carbocycles. The van der Waals surface area contributed by atoms with Crippen LogP contribution in [-0.4, -0.2) is 26.6 Å². The highest BCUT2D eigenvalue weighted by Crippen LogP contribution is 2.24. The van der Waals surface area contributed by atoms with Crippen molar-refractivity contribution in [3.8, 4) is 5.75 Å². The van der Waals surface area contributed by atoms with Crippen molar-refractivity contribution in [1.82, 2.24) is 14.9 Å². The molecule has 0 bridgehead atoms. The highest BCUT2D eigenvalue weighted by Gasteiger charge is 2.13. The third-order valence-corrected chi connectivity index (χ3v) is 4.29. The Labute approximate surface area is 165 Å². The van der Waals surface area contributed by atoms with Gasteiger partial charge in [-0.1, -0.05) is 18.2 Å². The number of rotatable bonds is 7. The maximum Gasteiger partial charge on any atom is 0.174 e. The average molecular weight is 379 g/mol. The standard InChI is InChI=1S/C21H22N4OS/c1-2-26-20-8-4-3-7-19(20)24-21(27)25(15-17-9-12-22-13-10-17)16-18-6-5-11-23-14-18/h3-14H,2,15-16H2,1H3,(H,24,27). The fourth-order valence-electron chi connectivity index (χ4n) is 2.67. The lowest BCUT2D eigenvalue weighted by Crippen LogP contribution is -2.34. The van der Waals surface area contributed by atoms with E-state index in [4.69, 9.17) is 17.0 Å². The smallest absolute Gasteiger partial charge is 0.174 e. The van der Waals surface area contributed by atoms with E-state index in [2.05, 4.69) is 20.2 Å². The average Bonchev–Trinajstić information content (AvgIpc) is 2.71. The van der Waals surface area contributed by atoms with Gasteiger partial charge in [0.1, 0.15) is 5.75 Å². The van der Waals surface area contributed by atoms with E-state index in [1.807, 2.05) is 61.7 Å². The first-order chi connectivity index (χ1) is 13.3. The third-order valence-electron chi connectivity index (χ3n) is 3.93. The molecule has 138 valence electrons. The van der Waals surface area contributed by atoms with Crippen molar-refractivity contribution in [1.29, 1.82) is 0 Å². The van der Waals surface area contributed by atoms with Crippen molar-refractivity contribution < 1.29 is 4.74 Å². The van der Waals surface area contributed by atoms with Gasteiger partial charge in [-0.05, 0) is 60.6 Å². The van der Waals surface area contributed by atoms with Gasteiger partial charge in [-0.3, -0.25) is 9.97 Å². The molecule has 0 atom stereocenters. The Morgan fingerprint density at radius 3 is 2.48 bits per heavy atom. The van der Waals surface area contributed by atoms with E-state index in [9.17, 15) is 0 Å². The maximum absolute atomic E-state index is 5.72. The van der Waals surface area contributed by atoms with Crippen molar-refractivity contribution in [2.75, 3.05) is 11.9 Å². The number of hydrogen-bond donors (Lipinski definition) is 1. The number of hydrogen-bond acceptors (Lipinski definition) is 4. The summed E-state index contributed by atoms with van der Waals surface area (Å²) in [6.07, 6.45) is 7.21. The molecule has 0 fully saturated rings. The van der Waals surface area contributed by atoms with Gasteiger partial charge in [0.2, 0.25) is 0 Å². The highest BCUT2D eigenvalue weighted by atomic mass is 32.1. The fraction of sp³-hybridized carbons (Fsp3) is 0.190. The molecular formula is C21H22N4OS. The van der Waals surface area contributed by atoms with Crippen molar-refractivity contribution >= 4 is 23.0 Å². The second-order valence-corrected chi connectivity index (χ2v) is 6.32. The Morgan fingerprint density at radius 1 is 0.963 bits per heavy atom. The van der Waals surface area contributed by atoms with Crippen molar-refractivity contribution in [3.63, 3.8) is 0 Å². The summed E-state index contributed by atoms with van der Waals surface area (Å²) in [7, 11) is 0. The van der Waals surface area contributed by atoms with E-state index >= 15 is 0 Å². The minimum atomic E-state index is 0.599. The second kappa shape index (κ2) is 9.64. The van der Waals surface area contributed by atoms with Crippen LogP contribution in [0.5, 0.6) is 5.75 Å².